The predicted molar refractivity (Wildman–Crippen MR) is 89.7 cm³/mol. The van der Waals surface area contributed by atoms with Gasteiger partial charge in [-0.1, -0.05) is 42.5 Å². The van der Waals surface area contributed by atoms with Gasteiger partial charge >= 0.3 is 0 Å². The molecule has 0 saturated carbocycles. The van der Waals surface area contributed by atoms with Crippen molar-refractivity contribution < 1.29 is 19.4 Å². The van der Waals surface area contributed by atoms with Crippen LogP contribution in [0.5, 0.6) is 5.75 Å². The Hall–Kier alpha value is -2.43. The van der Waals surface area contributed by atoms with Gasteiger partial charge in [-0.2, -0.15) is 0 Å². The number of benzene rings is 2. The molecular weight excluding hydrogens is 304 g/mol. The van der Waals surface area contributed by atoms with E-state index in [9.17, 15) is 9.90 Å². The molecule has 0 aliphatic carbocycles. The van der Waals surface area contributed by atoms with Crippen molar-refractivity contribution in [2.75, 3.05) is 6.61 Å². The number of para-hydroxylation sites is 1. The molecule has 0 bridgehead atoms. The van der Waals surface area contributed by atoms with Crippen LogP contribution in [0, 0.1) is 5.92 Å². The summed E-state index contributed by atoms with van der Waals surface area (Å²) in [6, 6.07) is 16.9. The molecule has 0 radical (unpaired) electrons. The summed E-state index contributed by atoms with van der Waals surface area (Å²) >= 11 is 0. The van der Waals surface area contributed by atoms with E-state index in [4.69, 9.17) is 9.47 Å². The quantitative estimate of drug-likeness (QED) is 0.923. The van der Waals surface area contributed by atoms with Gasteiger partial charge in [0.05, 0.1) is 12.2 Å². The Morgan fingerprint density at radius 3 is 2.54 bits per heavy atom. The van der Waals surface area contributed by atoms with Gasteiger partial charge in [-0.05, 0) is 36.3 Å². The maximum atomic E-state index is 13.1. The minimum atomic E-state index is -0.890. The molecule has 2 aromatic carbocycles. The van der Waals surface area contributed by atoms with Gasteiger partial charge in [-0.25, -0.2) is 0 Å². The first-order chi connectivity index (χ1) is 11.6. The van der Waals surface area contributed by atoms with Crippen molar-refractivity contribution in [1.29, 1.82) is 0 Å². The summed E-state index contributed by atoms with van der Waals surface area (Å²) in [6.45, 7) is 1.60. The summed E-state index contributed by atoms with van der Waals surface area (Å²) in [7, 11) is 0. The van der Waals surface area contributed by atoms with E-state index in [1.807, 2.05) is 48.5 Å². The van der Waals surface area contributed by atoms with Gasteiger partial charge in [0, 0.05) is 0 Å². The van der Waals surface area contributed by atoms with Crippen molar-refractivity contribution in [2.45, 2.75) is 18.8 Å². The number of hydrogen-bond donors (Lipinski definition) is 1. The van der Waals surface area contributed by atoms with Gasteiger partial charge in [0.1, 0.15) is 17.3 Å². The highest BCUT2D eigenvalue weighted by molar-refractivity contribution is 6.08. The molecule has 0 spiro atoms. The summed E-state index contributed by atoms with van der Waals surface area (Å²) in [5.74, 6) is -0.0304. The Morgan fingerprint density at radius 2 is 1.79 bits per heavy atom. The van der Waals surface area contributed by atoms with Crippen molar-refractivity contribution in [3.63, 3.8) is 0 Å². The van der Waals surface area contributed by atoms with Gasteiger partial charge in [-0.3, -0.25) is 4.79 Å². The molecule has 0 aromatic heterocycles. The lowest BCUT2D eigenvalue weighted by Gasteiger charge is -2.42. The lowest BCUT2D eigenvalue weighted by Crippen LogP contribution is -2.50. The number of aliphatic hydroxyl groups is 1. The third kappa shape index (κ3) is 2.35. The first-order valence-corrected chi connectivity index (χ1v) is 7.98. The lowest BCUT2D eigenvalue weighted by atomic mass is 9.79. The van der Waals surface area contributed by atoms with Crippen molar-refractivity contribution in [3.05, 3.63) is 71.8 Å². The van der Waals surface area contributed by atoms with Crippen molar-refractivity contribution in [2.24, 2.45) is 5.92 Å². The van der Waals surface area contributed by atoms with Gasteiger partial charge in [-0.15, -0.1) is 0 Å². The minimum absolute atomic E-state index is 0.0167. The SMILES string of the molecule is CC1(CO)C=C(c2ccccc2)C2C(=O)c3ccccc3OC2O1. The molecule has 2 heterocycles. The van der Waals surface area contributed by atoms with E-state index >= 15 is 0 Å². The molecule has 4 nitrogen and oxygen atoms in total. The molecule has 4 rings (SSSR count). The van der Waals surface area contributed by atoms with Crippen LogP contribution in [0.15, 0.2) is 60.7 Å². The molecule has 3 unspecified atom stereocenters. The van der Waals surface area contributed by atoms with Crippen LogP contribution >= 0.6 is 0 Å². The van der Waals surface area contributed by atoms with E-state index < -0.39 is 17.8 Å². The average Bonchev–Trinajstić information content (AvgIpc) is 2.62. The first-order valence-electron chi connectivity index (χ1n) is 7.98. The number of ketones is 1. The summed E-state index contributed by atoms with van der Waals surface area (Å²) < 4.78 is 11.9. The molecule has 2 aliphatic rings. The van der Waals surface area contributed by atoms with Gasteiger partial charge < -0.3 is 14.6 Å². The first kappa shape index (κ1) is 15.1. The van der Waals surface area contributed by atoms with E-state index in [1.54, 1.807) is 19.1 Å². The van der Waals surface area contributed by atoms with Crippen LogP contribution in [-0.2, 0) is 4.74 Å². The van der Waals surface area contributed by atoms with Crippen molar-refractivity contribution >= 4 is 11.4 Å². The fraction of sp³-hybridized carbons (Fsp3) is 0.250. The second-order valence-electron chi connectivity index (χ2n) is 6.38. The molecule has 0 amide bonds. The van der Waals surface area contributed by atoms with E-state index in [1.165, 1.54) is 0 Å². The average molecular weight is 322 g/mol. The van der Waals surface area contributed by atoms with Crippen LogP contribution in [0.1, 0.15) is 22.8 Å². The summed E-state index contributed by atoms with van der Waals surface area (Å²) in [6.07, 6.45) is 1.10. The monoisotopic (exact) mass is 322 g/mol. The van der Waals surface area contributed by atoms with Gasteiger partial charge in [0.25, 0.3) is 0 Å². The molecule has 2 aliphatic heterocycles. The Kier molecular flexibility index (Phi) is 3.52. The number of fused-ring (bicyclic) bond motifs is 2. The van der Waals surface area contributed by atoms with Crippen LogP contribution < -0.4 is 4.74 Å². The number of carbonyl (C=O) groups excluding carboxylic acids is 1. The Balaban J connectivity index is 1.86. The normalized spacial score (nSPS) is 28.4. The lowest BCUT2D eigenvalue weighted by molar-refractivity contribution is -0.177. The zero-order valence-corrected chi connectivity index (χ0v) is 13.3. The molecule has 3 atom stereocenters. The molecular formula is C20H18O4. The molecule has 0 fully saturated rings. The standard InChI is InChI=1S/C20H18O4/c1-20(12-21)11-15(13-7-3-2-4-8-13)17-18(22)14-9-5-6-10-16(14)23-19(17)24-20/h2-11,17,19,21H,12H2,1H3. The summed E-state index contributed by atoms with van der Waals surface area (Å²) in [4.78, 5) is 13.1. The van der Waals surface area contributed by atoms with Crippen molar-refractivity contribution in [3.8, 4) is 5.75 Å². The third-order valence-corrected chi connectivity index (χ3v) is 4.55. The Labute approximate surface area is 140 Å². The summed E-state index contributed by atoms with van der Waals surface area (Å²) in [5, 5.41) is 9.76. The maximum Gasteiger partial charge on any atom is 0.215 e. The fourth-order valence-electron chi connectivity index (χ4n) is 3.33. The smallest absolute Gasteiger partial charge is 0.215 e. The van der Waals surface area contributed by atoms with Crippen molar-refractivity contribution in [1.82, 2.24) is 0 Å². The minimum Gasteiger partial charge on any atom is -0.463 e. The highest BCUT2D eigenvalue weighted by Gasteiger charge is 2.47. The summed E-state index contributed by atoms with van der Waals surface area (Å²) in [5.41, 5.74) is 1.45. The van der Waals surface area contributed by atoms with Crippen LogP contribution in [0.4, 0.5) is 0 Å². The Morgan fingerprint density at radius 1 is 1.08 bits per heavy atom. The van der Waals surface area contributed by atoms with Crippen LogP contribution in [0.2, 0.25) is 0 Å². The predicted octanol–water partition coefficient (Wildman–Crippen LogP) is 3.07. The van der Waals surface area contributed by atoms with E-state index in [0.29, 0.717) is 11.3 Å². The molecule has 24 heavy (non-hydrogen) atoms. The van der Waals surface area contributed by atoms with Crippen LogP contribution in [-0.4, -0.2) is 29.4 Å². The second-order valence-corrected chi connectivity index (χ2v) is 6.38. The molecule has 2 aromatic rings. The molecule has 0 saturated heterocycles. The number of Topliss-reactive ketones (excluding diaryl/α,β-unsaturated/α-hetero) is 1. The maximum absolute atomic E-state index is 13.1. The number of rotatable bonds is 2. The number of ether oxygens (including phenoxy) is 2. The van der Waals surface area contributed by atoms with E-state index in [0.717, 1.165) is 11.1 Å². The van der Waals surface area contributed by atoms with Crippen LogP contribution in [0.3, 0.4) is 0 Å². The van der Waals surface area contributed by atoms with E-state index in [2.05, 4.69) is 0 Å². The van der Waals surface area contributed by atoms with Crippen LogP contribution in [0.25, 0.3) is 5.57 Å². The second kappa shape index (κ2) is 5.58. The highest BCUT2D eigenvalue weighted by Crippen LogP contribution is 2.43. The number of hydrogen-bond acceptors (Lipinski definition) is 4. The molecule has 122 valence electrons. The Bertz CT molecular complexity index is 811. The van der Waals surface area contributed by atoms with Gasteiger partial charge in [0.2, 0.25) is 6.29 Å². The molecule has 1 N–H and O–H groups in total. The number of aliphatic hydroxyl groups excluding tert-OH is 1. The zero-order valence-electron chi connectivity index (χ0n) is 13.3. The largest absolute Gasteiger partial charge is 0.463 e. The third-order valence-electron chi connectivity index (χ3n) is 4.55. The zero-order chi connectivity index (χ0) is 16.7. The highest BCUT2D eigenvalue weighted by atomic mass is 16.7. The fourth-order valence-corrected chi connectivity index (χ4v) is 3.33. The van der Waals surface area contributed by atoms with Gasteiger partial charge in [0.15, 0.2) is 5.78 Å². The molecule has 4 heteroatoms. The number of carbonyl (C=O) groups is 1. The topological polar surface area (TPSA) is 55.8 Å². The van der Waals surface area contributed by atoms with E-state index in [-0.39, 0.29) is 12.4 Å².